The van der Waals surface area contributed by atoms with Gasteiger partial charge in [0.15, 0.2) is 0 Å². The molecule has 0 atom stereocenters. The largest absolute Gasteiger partial charge is 0.299 e. The zero-order chi connectivity index (χ0) is 7.23. The molecular formula is C9H14O. The number of allylic oxidation sites excluding steroid dienone is 2. The molecule has 0 N–H and O–H groups in total. The molecule has 1 nitrogen and oxygen atoms in total. The van der Waals surface area contributed by atoms with E-state index in [4.69, 9.17) is 0 Å². The number of rotatable bonds is 2. The number of carbonyl (C=O) groups excluding carboxylic acids is 1. The number of hydrogen-bond acceptors (Lipinski definition) is 1. The summed E-state index contributed by atoms with van der Waals surface area (Å²) in [6.07, 6.45) is 11.2. The van der Waals surface area contributed by atoms with E-state index < -0.39 is 0 Å². The lowest BCUT2D eigenvalue weighted by Gasteiger charge is -2.17. The highest BCUT2D eigenvalue weighted by atomic mass is 16.1. The first kappa shape index (κ1) is 7.52. The molecule has 0 heterocycles. The van der Waals surface area contributed by atoms with Gasteiger partial charge in [0, 0.05) is 0 Å². The van der Waals surface area contributed by atoms with E-state index in [1.807, 2.05) is 6.08 Å². The van der Waals surface area contributed by atoms with Gasteiger partial charge in [0.25, 0.3) is 0 Å². The molecule has 0 radical (unpaired) electrons. The van der Waals surface area contributed by atoms with Gasteiger partial charge in [-0.05, 0) is 24.8 Å². The Bertz CT molecular complexity index is 121. The maximum absolute atomic E-state index is 9.96. The smallest absolute Gasteiger partial charge is 0.142 e. The van der Waals surface area contributed by atoms with Gasteiger partial charge in [0.1, 0.15) is 6.29 Å². The molecule has 0 aromatic heterocycles. The van der Waals surface area contributed by atoms with Gasteiger partial charge in [-0.15, -0.1) is 0 Å². The van der Waals surface area contributed by atoms with Crippen LogP contribution in [0.15, 0.2) is 12.2 Å². The van der Waals surface area contributed by atoms with E-state index in [1.54, 1.807) is 6.08 Å². The second-order valence-electron chi connectivity index (χ2n) is 2.92. The minimum Gasteiger partial charge on any atom is -0.299 e. The highest BCUT2D eigenvalue weighted by Crippen LogP contribution is 2.24. The van der Waals surface area contributed by atoms with Crippen LogP contribution >= 0.6 is 0 Å². The van der Waals surface area contributed by atoms with E-state index in [0.717, 1.165) is 6.29 Å². The van der Waals surface area contributed by atoms with E-state index in [2.05, 4.69) is 0 Å². The SMILES string of the molecule is O=C/C=C/C1CCCCC1. The van der Waals surface area contributed by atoms with Crippen molar-refractivity contribution in [2.45, 2.75) is 32.1 Å². The van der Waals surface area contributed by atoms with Crippen molar-refractivity contribution in [3.63, 3.8) is 0 Å². The summed E-state index contributed by atoms with van der Waals surface area (Å²) in [5.74, 6) is 0.693. The van der Waals surface area contributed by atoms with Gasteiger partial charge in [-0.2, -0.15) is 0 Å². The molecule has 0 unspecified atom stereocenters. The van der Waals surface area contributed by atoms with Crippen molar-refractivity contribution < 1.29 is 4.79 Å². The van der Waals surface area contributed by atoms with Crippen LogP contribution in [-0.2, 0) is 4.79 Å². The molecule has 0 bridgehead atoms. The first-order valence-electron chi connectivity index (χ1n) is 4.05. The highest BCUT2D eigenvalue weighted by Gasteiger charge is 2.08. The Morgan fingerprint density at radius 3 is 2.40 bits per heavy atom. The normalized spacial score (nSPS) is 21.6. The van der Waals surface area contributed by atoms with Crippen molar-refractivity contribution in [3.05, 3.63) is 12.2 Å². The third kappa shape index (κ3) is 2.34. The molecule has 1 aliphatic carbocycles. The van der Waals surface area contributed by atoms with Crippen LogP contribution in [0, 0.1) is 5.92 Å². The number of carbonyl (C=O) groups is 1. The van der Waals surface area contributed by atoms with E-state index in [-0.39, 0.29) is 0 Å². The van der Waals surface area contributed by atoms with Crippen LogP contribution in [0.5, 0.6) is 0 Å². The number of hydrogen-bond donors (Lipinski definition) is 0. The molecule has 0 saturated heterocycles. The Hall–Kier alpha value is -0.590. The molecule has 1 rings (SSSR count). The van der Waals surface area contributed by atoms with Crippen LogP contribution in [0.2, 0.25) is 0 Å². The fourth-order valence-corrected chi connectivity index (χ4v) is 1.53. The van der Waals surface area contributed by atoms with Crippen LogP contribution in [0.4, 0.5) is 0 Å². The molecule has 1 heteroatoms. The summed E-state index contributed by atoms with van der Waals surface area (Å²) >= 11 is 0. The molecule has 0 spiro atoms. The summed E-state index contributed by atoms with van der Waals surface area (Å²) in [6.45, 7) is 0. The Kier molecular flexibility index (Phi) is 3.20. The van der Waals surface area contributed by atoms with E-state index in [9.17, 15) is 4.79 Å². The third-order valence-electron chi connectivity index (χ3n) is 2.11. The summed E-state index contributed by atoms with van der Waals surface area (Å²) in [7, 11) is 0. The van der Waals surface area contributed by atoms with E-state index in [0.29, 0.717) is 5.92 Å². The number of aldehydes is 1. The van der Waals surface area contributed by atoms with Crippen LogP contribution in [-0.4, -0.2) is 6.29 Å². The molecule has 0 amide bonds. The Morgan fingerprint density at radius 2 is 1.80 bits per heavy atom. The lowest BCUT2D eigenvalue weighted by molar-refractivity contribution is -0.104. The molecule has 56 valence electrons. The predicted molar refractivity (Wildman–Crippen MR) is 41.8 cm³/mol. The third-order valence-corrected chi connectivity index (χ3v) is 2.11. The van der Waals surface area contributed by atoms with Crippen molar-refractivity contribution in [2.24, 2.45) is 5.92 Å². The van der Waals surface area contributed by atoms with Crippen LogP contribution in [0.25, 0.3) is 0 Å². The molecular weight excluding hydrogens is 124 g/mol. The molecule has 1 saturated carbocycles. The zero-order valence-corrected chi connectivity index (χ0v) is 6.25. The summed E-state index contributed by atoms with van der Waals surface area (Å²) in [4.78, 5) is 9.96. The maximum atomic E-state index is 9.96. The van der Waals surface area contributed by atoms with Gasteiger partial charge >= 0.3 is 0 Å². The van der Waals surface area contributed by atoms with Gasteiger partial charge in [-0.3, -0.25) is 4.79 Å². The topological polar surface area (TPSA) is 17.1 Å². The lowest BCUT2D eigenvalue weighted by Crippen LogP contribution is -2.02. The fourth-order valence-electron chi connectivity index (χ4n) is 1.53. The monoisotopic (exact) mass is 138 g/mol. The first-order valence-corrected chi connectivity index (χ1v) is 4.05. The average molecular weight is 138 g/mol. The first-order chi connectivity index (χ1) is 4.93. The molecule has 0 aromatic rings. The van der Waals surface area contributed by atoms with E-state index >= 15 is 0 Å². The van der Waals surface area contributed by atoms with Gasteiger partial charge in [0.05, 0.1) is 0 Å². The molecule has 0 aromatic carbocycles. The van der Waals surface area contributed by atoms with E-state index in [1.165, 1.54) is 32.1 Å². The summed E-state index contributed by atoms with van der Waals surface area (Å²) in [5, 5.41) is 0. The summed E-state index contributed by atoms with van der Waals surface area (Å²) in [5.41, 5.74) is 0. The highest BCUT2D eigenvalue weighted by molar-refractivity contribution is 5.64. The quantitative estimate of drug-likeness (QED) is 0.423. The zero-order valence-electron chi connectivity index (χ0n) is 6.25. The van der Waals surface area contributed by atoms with Crippen molar-refractivity contribution in [1.29, 1.82) is 0 Å². The Morgan fingerprint density at radius 1 is 1.10 bits per heavy atom. The van der Waals surface area contributed by atoms with Crippen LogP contribution < -0.4 is 0 Å². The van der Waals surface area contributed by atoms with Gasteiger partial charge in [-0.1, -0.05) is 25.3 Å². The standard InChI is InChI=1S/C9H14O/c10-8-4-7-9-5-2-1-3-6-9/h4,7-9H,1-3,5-6H2/b7-4+. The van der Waals surface area contributed by atoms with Crippen molar-refractivity contribution in [3.8, 4) is 0 Å². The van der Waals surface area contributed by atoms with Gasteiger partial charge in [-0.25, -0.2) is 0 Å². The van der Waals surface area contributed by atoms with Crippen molar-refractivity contribution >= 4 is 6.29 Å². The van der Waals surface area contributed by atoms with Gasteiger partial charge in [0.2, 0.25) is 0 Å². The summed E-state index contributed by atoms with van der Waals surface area (Å²) in [6, 6.07) is 0. The molecule has 10 heavy (non-hydrogen) atoms. The molecule has 1 aliphatic rings. The summed E-state index contributed by atoms with van der Waals surface area (Å²) < 4.78 is 0. The second kappa shape index (κ2) is 4.26. The van der Waals surface area contributed by atoms with Crippen molar-refractivity contribution in [1.82, 2.24) is 0 Å². The minimum atomic E-state index is 0.693. The second-order valence-corrected chi connectivity index (χ2v) is 2.92. The predicted octanol–water partition coefficient (Wildman–Crippen LogP) is 2.32. The lowest BCUT2D eigenvalue weighted by atomic mass is 9.89. The van der Waals surface area contributed by atoms with Crippen molar-refractivity contribution in [2.75, 3.05) is 0 Å². The molecule has 1 fully saturated rings. The Labute approximate surface area is 62.1 Å². The maximum Gasteiger partial charge on any atom is 0.142 e. The average Bonchev–Trinajstić information content (AvgIpc) is 2.03. The molecule has 0 aliphatic heterocycles. The van der Waals surface area contributed by atoms with Crippen LogP contribution in [0.1, 0.15) is 32.1 Å². The van der Waals surface area contributed by atoms with Crippen LogP contribution in [0.3, 0.4) is 0 Å². The fraction of sp³-hybridized carbons (Fsp3) is 0.667. The minimum absolute atomic E-state index is 0.693. The van der Waals surface area contributed by atoms with Gasteiger partial charge < -0.3 is 0 Å². The Balaban J connectivity index is 2.25.